The Hall–Kier alpha value is -3.32. The number of anilines is 1. The predicted octanol–water partition coefficient (Wildman–Crippen LogP) is 3.37. The van der Waals surface area contributed by atoms with E-state index in [1.165, 1.54) is 0 Å². The van der Waals surface area contributed by atoms with Crippen molar-refractivity contribution in [2.45, 2.75) is 19.3 Å². The van der Waals surface area contributed by atoms with Crippen LogP contribution in [0.1, 0.15) is 24.8 Å². The highest BCUT2D eigenvalue weighted by atomic mass is 35.5. The lowest BCUT2D eigenvalue weighted by Crippen LogP contribution is -2.32. The number of benzene rings is 2. The van der Waals surface area contributed by atoms with E-state index in [9.17, 15) is 4.79 Å². The summed E-state index contributed by atoms with van der Waals surface area (Å²) < 4.78 is 1.81. The first-order valence-corrected chi connectivity index (χ1v) is 11.5. The normalized spacial score (nSPS) is 12.0. The van der Waals surface area contributed by atoms with Gasteiger partial charge in [-0.15, -0.1) is 0 Å². The van der Waals surface area contributed by atoms with E-state index in [0.29, 0.717) is 18.1 Å². The van der Waals surface area contributed by atoms with Crippen LogP contribution in [0.25, 0.3) is 16.9 Å². The smallest absolute Gasteiger partial charge is 0.229 e. The predicted molar refractivity (Wildman–Crippen MR) is 137 cm³/mol. The summed E-state index contributed by atoms with van der Waals surface area (Å²) in [5.41, 5.74) is 4.49. The van der Waals surface area contributed by atoms with E-state index >= 15 is 0 Å². The van der Waals surface area contributed by atoms with Crippen LogP contribution in [-0.4, -0.2) is 53.4 Å². The highest BCUT2D eigenvalue weighted by molar-refractivity contribution is 6.36. The molecule has 1 unspecified atom stereocenters. The van der Waals surface area contributed by atoms with Crippen LogP contribution in [0.3, 0.4) is 0 Å². The fraction of sp³-hybridized carbons (Fsp3) is 0.240. The van der Waals surface area contributed by atoms with Gasteiger partial charge >= 0.3 is 0 Å². The average Bonchev–Trinajstić information content (AvgIpc) is 3.22. The second-order valence-electron chi connectivity index (χ2n) is 8.24. The molecular weight excluding hydrogens is 433 g/mol. The second-order valence-corrected chi connectivity index (χ2v) is 8.65. The van der Waals surface area contributed by atoms with E-state index in [0.717, 1.165) is 40.2 Å². The van der Waals surface area contributed by atoms with E-state index in [2.05, 4.69) is 10.4 Å². The Morgan fingerprint density at radius 2 is 1.91 bits per heavy atom. The van der Waals surface area contributed by atoms with Gasteiger partial charge in [-0.1, -0.05) is 60.1 Å². The summed E-state index contributed by atoms with van der Waals surface area (Å²) in [6.07, 6.45) is 2.61. The number of hydrogen-bond donors (Lipinski definition) is 1. The van der Waals surface area contributed by atoms with Crippen molar-refractivity contribution < 1.29 is 4.79 Å². The molecule has 0 spiro atoms. The second kappa shape index (κ2) is 10.1. The molecule has 2 aromatic carbocycles. The van der Waals surface area contributed by atoms with Gasteiger partial charge in [0.15, 0.2) is 5.65 Å². The van der Waals surface area contributed by atoms with Gasteiger partial charge in [0.25, 0.3) is 0 Å². The van der Waals surface area contributed by atoms with Crippen LogP contribution in [0.4, 0.5) is 5.82 Å². The van der Waals surface area contributed by atoms with Crippen LogP contribution >= 0.6 is 11.6 Å². The molecule has 2 heterocycles. The zero-order valence-corrected chi connectivity index (χ0v) is 19.9. The Morgan fingerprint density at radius 3 is 2.67 bits per heavy atom. The number of amides is 1. The molecule has 4 rings (SSSR count). The Labute approximate surface area is 200 Å². The molecule has 0 aliphatic heterocycles. The van der Waals surface area contributed by atoms with Gasteiger partial charge in [-0.05, 0) is 30.4 Å². The maximum atomic E-state index is 12.8. The fourth-order valence-electron chi connectivity index (χ4n) is 3.86. The Kier molecular flexibility index (Phi) is 6.99. The standard InChI is InChI=1S/C25H27BClN5O/c1-17(18-9-4-3-5-10-18)25(33)31(2)14-8-13-28-23-15-22(19-11-6-7-12-21(19)27)30-24-20(26)16-29-32(23)24/h3-7,9-12,15-17,28H,8,13-14,26H2,1-2H3. The molecule has 1 amide bonds. The van der Waals surface area contributed by atoms with Crippen LogP contribution in [0.5, 0.6) is 0 Å². The summed E-state index contributed by atoms with van der Waals surface area (Å²) in [5, 5.41) is 8.59. The topological polar surface area (TPSA) is 62.5 Å². The van der Waals surface area contributed by atoms with Gasteiger partial charge in [0, 0.05) is 43.0 Å². The van der Waals surface area contributed by atoms with Crippen LogP contribution < -0.4 is 10.8 Å². The summed E-state index contributed by atoms with van der Waals surface area (Å²) in [5.74, 6) is 0.806. The molecule has 1 N–H and O–H groups in total. The lowest BCUT2D eigenvalue weighted by molar-refractivity contribution is -0.131. The maximum Gasteiger partial charge on any atom is 0.229 e. The molecule has 0 radical (unpaired) electrons. The number of fused-ring (bicyclic) bond motifs is 1. The van der Waals surface area contributed by atoms with E-state index in [-0.39, 0.29) is 11.8 Å². The SMILES string of the molecule is Bc1cnn2c(NCCCN(C)C(=O)C(C)c3ccccc3)cc(-c3ccccc3Cl)nc12. The van der Waals surface area contributed by atoms with Crippen molar-refractivity contribution in [1.82, 2.24) is 19.5 Å². The number of nitrogens with one attached hydrogen (secondary N) is 1. The Bertz CT molecular complexity index is 1260. The van der Waals surface area contributed by atoms with Gasteiger partial charge in [0.2, 0.25) is 5.91 Å². The Balaban J connectivity index is 1.43. The maximum absolute atomic E-state index is 12.8. The summed E-state index contributed by atoms with van der Waals surface area (Å²) in [4.78, 5) is 19.4. The quantitative estimate of drug-likeness (QED) is 0.324. The largest absolute Gasteiger partial charge is 0.370 e. The van der Waals surface area contributed by atoms with E-state index < -0.39 is 0 Å². The molecule has 4 aromatic rings. The van der Waals surface area contributed by atoms with Crippen LogP contribution in [-0.2, 0) is 4.79 Å². The highest BCUT2D eigenvalue weighted by Crippen LogP contribution is 2.28. The van der Waals surface area contributed by atoms with Crippen molar-refractivity contribution in [3.63, 3.8) is 0 Å². The zero-order chi connectivity index (χ0) is 23.4. The van der Waals surface area contributed by atoms with Crippen molar-refractivity contribution >= 4 is 42.3 Å². The number of likely N-dealkylation sites (N-methyl/N-ethyl adjacent to an activating group) is 1. The Morgan fingerprint density at radius 1 is 1.18 bits per heavy atom. The first-order chi connectivity index (χ1) is 16.0. The summed E-state index contributed by atoms with van der Waals surface area (Å²) >= 11 is 6.42. The monoisotopic (exact) mass is 459 g/mol. The number of rotatable bonds is 8. The van der Waals surface area contributed by atoms with Crippen molar-refractivity contribution in [2.24, 2.45) is 0 Å². The van der Waals surface area contributed by atoms with Gasteiger partial charge in [0.1, 0.15) is 13.7 Å². The molecule has 33 heavy (non-hydrogen) atoms. The molecule has 0 aliphatic carbocycles. The van der Waals surface area contributed by atoms with E-state index in [4.69, 9.17) is 16.6 Å². The highest BCUT2D eigenvalue weighted by Gasteiger charge is 2.19. The van der Waals surface area contributed by atoms with Crippen molar-refractivity contribution in [3.05, 3.63) is 77.4 Å². The molecule has 0 aliphatic rings. The minimum Gasteiger partial charge on any atom is -0.370 e. The van der Waals surface area contributed by atoms with Crippen molar-refractivity contribution in [3.8, 4) is 11.3 Å². The zero-order valence-electron chi connectivity index (χ0n) is 19.1. The van der Waals surface area contributed by atoms with E-state index in [1.54, 1.807) is 11.1 Å². The number of carbonyl (C=O) groups excluding carboxylic acids is 1. The van der Waals surface area contributed by atoms with Crippen LogP contribution in [0.2, 0.25) is 5.02 Å². The number of hydrogen-bond acceptors (Lipinski definition) is 4. The first-order valence-electron chi connectivity index (χ1n) is 11.1. The molecule has 6 nitrogen and oxygen atoms in total. The number of carbonyl (C=O) groups is 1. The molecular formula is C25H27BClN5O. The third-order valence-corrected chi connectivity index (χ3v) is 6.15. The third-order valence-electron chi connectivity index (χ3n) is 5.82. The van der Waals surface area contributed by atoms with Crippen LogP contribution in [0.15, 0.2) is 66.9 Å². The minimum absolute atomic E-state index is 0.121. The van der Waals surface area contributed by atoms with Gasteiger partial charge in [-0.25, -0.2) is 4.98 Å². The summed E-state index contributed by atoms with van der Waals surface area (Å²) in [6, 6.07) is 19.5. The average molecular weight is 460 g/mol. The summed E-state index contributed by atoms with van der Waals surface area (Å²) in [6.45, 7) is 3.31. The lowest BCUT2D eigenvalue weighted by Gasteiger charge is -2.22. The minimum atomic E-state index is -0.158. The van der Waals surface area contributed by atoms with Crippen molar-refractivity contribution in [2.75, 3.05) is 25.5 Å². The van der Waals surface area contributed by atoms with Crippen molar-refractivity contribution in [1.29, 1.82) is 0 Å². The number of halogens is 1. The molecule has 168 valence electrons. The third kappa shape index (κ3) is 5.04. The molecule has 0 saturated heterocycles. The van der Waals surface area contributed by atoms with Gasteiger partial charge in [-0.2, -0.15) is 9.61 Å². The number of aromatic nitrogens is 3. The van der Waals surface area contributed by atoms with Crippen LogP contribution in [0, 0.1) is 0 Å². The lowest BCUT2D eigenvalue weighted by atomic mass is 10.00. The first kappa shape index (κ1) is 22.9. The number of nitrogens with zero attached hydrogens (tertiary/aromatic N) is 4. The molecule has 0 fully saturated rings. The van der Waals surface area contributed by atoms with Gasteiger partial charge in [0.05, 0.1) is 11.6 Å². The van der Waals surface area contributed by atoms with Gasteiger partial charge < -0.3 is 10.2 Å². The van der Waals surface area contributed by atoms with Gasteiger partial charge in [-0.3, -0.25) is 4.79 Å². The molecule has 0 bridgehead atoms. The molecule has 2 aromatic heterocycles. The fourth-order valence-corrected chi connectivity index (χ4v) is 4.10. The summed E-state index contributed by atoms with van der Waals surface area (Å²) in [7, 11) is 3.85. The molecule has 0 saturated carbocycles. The van der Waals surface area contributed by atoms with E-state index in [1.807, 2.05) is 87.0 Å². The molecule has 1 atom stereocenters. The molecule has 8 heteroatoms.